The van der Waals surface area contributed by atoms with Crippen LogP contribution >= 0.6 is 0 Å². The van der Waals surface area contributed by atoms with Crippen LogP contribution in [0.3, 0.4) is 0 Å². The first-order valence-electron chi connectivity index (χ1n) is 11.1. The number of hydrogen-bond acceptors (Lipinski definition) is 4. The van der Waals surface area contributed by atoms with E-state index in [1.807, 2.05) is 37.5 Å². The fraction of sp³-hybridized carbons (Fsp3) is 0.346. The SMILES string of the molecule is CCNC(=O)[C@]1(Cc2ccccc2-c2cccnc2)CCCN(Cc2ccccn2)C1. The summed E-state index contributed by atoms with van der Waals surface area (Å²) in [6.45, 7) is 5.12. The number of rotatable bonds is 7. The van der Waals surface area contributed by atoms with Crippen LogP contribution in [-0.2, 0) is 17.8 Å². The quantitative estimate of drug-likeness (QED) is 0.632. The lowest BCUT2D eigenvalue weighted by atomic mass is 9.73. The van der Waals surface area contributed by atoms with Crippen molar-refractivity contribution < 1.29 is 4.79 Å². The van der Waals surface area contributed by atoms with E-state index in [0.717, 1.165) is 49.3 Å². The molecule has 1 N–H and O–H groups in total. The first kappa shape index (κ1) is 21.2. The molecule has 31 heavy (non-hydrogen) atoms. The van der Waals surface area contributed by atoms with Crippen molar-refractivity contribution in [3.8, 4) is 11.1 Å². The van der Waals surface area contributed by atoms with Crippen LogP contribution in [0, 0.1) is 5.41 Å². The summed E-state index contributed by atoms with van der Waals surface area (Å²) in [5.74, 6) is 0.154. The zero-order chi connectivity index (χ0) is 21.5. The van der Waals surface area contributed by atoms with Gasteiger partial charge in [0, 0.05) is 43.8 Å². The fourth-order valence-corrected chi connectivity index (χ4v) is 4.68. The van der Waals surface area contributed by atoms with Crippen molar-refractivity contribution in [1.29, 1.82) is 0 Å². The zero-order valence-electron chi connectivity index (χ0n) is 18.1. The molecule has 0 saturated carbocycles. The van der Waals surface area contributed by atoms with Gasteiger partial charge < -0.3 is 5.32 Å². The summed E-state index contributed by atoms with van der Waals surface area (Å²) in [6, 6.07) is 18.5. The van der Waals surface area contributed by atoms with E-state index in [1.54, 1.807) is 6.20 Å². The number of nitrogens with zero attached hydrogens (tertiary/aromatic N) is 3. The van der Waals surface area contributed by atoms with Gasteiger partial charge in [0.25, 0.3) is 0 Å². The molecule has 1 aliphatic rings. The van der Waals surface area contributed by atoms with Gasteiger partial charge in [-0.25, -0.2) is 0 Å². The van der Waals surface area contributed by atoms with Gasteiger partial charge in [0.05, 0.1) is 11.1 Å². The molecule has 0 aliphatic carbocycles. The Kier molecular flexibility index (Phi) is 6.73. The lowest BCUT2D eigenvalue weighted by molar-refractivity contribution is -0.134. The Morgan fingerprint density at radius 1 is 1.10 bits per heavy atom. The number of nitrogens with one attached hydrogen (secondary N) is 1. The Morgan fingerprint density at radius 3 is 2.74 bits per heavy atom. The smallest absolute Gasteiger partial charge is 0.227 e. The molecule has 0 spiro atoms. The molecule has 1 aliphatic heterocycles. The zero-order valence-corrected chi connectivity index (χ0v) is 18.1. The van der Waals surface area contributed by atoms with Crippen LogP contribution in [0.15, 0.2) is 73.2 Å². The number of hydrogen-bond donors (Lipinski definition) is 1. The molecule has 1 saturated heterocycles. The average Bonchev–Trinajstić information content (AvgIpc) is 2.81. The molecule has 3 aromatic rings. The monoisotopic (exact) mass is 414 g/mol. The molecule has 0 bridgehead atoms. The van der Waals surface area contributed by atoms with Crippen LogP contribution < -0.4 is 5.32 Å². The van der Waals surface area contributed by atoms with Crippen molar-refractivity contribution in [2.24, 2.45) is 5.41 Å². The predicted molar refractivity (Wildman–Crippen MR) is 123 cm³/mol. The minimum absolute atomic E-state index is 0.154. The molecule has 1 fully saturated rings. The molecule has 2 aromatic heterocycles. The largest absolute Gasteiger partial charge is 0.356 e. The second-order valence-electron chi connectivity index (χ2n) is 8.35. The summed E-state index contributed by atoms with van der Waals surface area (Å²) < 4.78 is 0. The molecule has 0 unspecified atom stereocenters. The van der Waals surface area contributed by atoms with Crippen LogP contribution in [0.2, 0.25) is 0 Å². The van der Waals surface area contributed by atoms with Crippen molar-refractivity contribution in [3.05, 3.63) is 84.4 Å². The summed E-state index contributed by atoms with van der Waals surface area (Å²) >= 11 is 0. The molecular formula is C26H30N4O. The maximum Gasteiger partial charge on any atom is 0.227 e. The van der Waals surface area contributed by atoms with Crippen molar-refractivity contribution in [2.75, 3.05) is 19.6 Å². The van der Waals surface area contributed by atoms with Gasteiger partial charge in [-0.2, -0.15) is 0 Å². The van der Waals surface area contributed by atoms with E-state index in [9.17, 15) is 4.79 Å². The maximum absolute atomic E-state index is 13.4. The molecular weight excluding hydrogens is 384 g/mol. The van der Waals surface area contributed by atoms with E-state index in [2.05, 4.69) is 56.6 Å². The van der Waals surface area contributed by atoms with E-state index in [1.165, 1.54) is 5.56 Å². The lowest BCUT2D eigenvalue weighted by Gasteiger charge is -2.42. The van der Waals surface area contributed by atoms with Crippen LogP contribution in [0.5, 0.6) is 0 Å². The highest BCUT2D eigenvalue weighted by Gasteiger charge is 2.42. The van der Waals surface area contributed by atoms with E-state index in [0.29, 0.717) is 13.0 Å². The second-order valence-corrected chi connectivity index (χ2v) is 8.35. The number of carbonyl (C=O) groups is 1. The predicted octanol–water partition coefficient (Wildman–Crippen LogP) is 4.10. The Bertz CT molecular complexity index is 993. The maximum atomic E-state index is 13.4. The minimum atomic E-state index is -0.457. The molecule has 4 rings (SSSR count). The van der Waals surface area contributed by atoms with Gasteiger partial charge in [-0.05, 0) is 62.1 Å². The first-order chi connectivity index (χ1) is 15.2. The molecule has 5 nitrogen and oxygen atoms in total. The van der Waals surface area contributed by atoms with E-state index < -0.39 is 5.41 Å². The van der Waals surface area contributed by atoms with E-state index in [-0.39, 0.29) is 5.91 Å². The third-order valence-corrected chi connectivity index (χ3v) is 6.11. The summed E-state index contributed by atoms with van der Waals surface area (Å²) in [5.41, 5.74) is 4.03. The highest BCUT2D eigenvalue weighted by Crippen LogP contribution is 2.37. The molecule has 5 heteroatoms. The van der Waals surface area contributed by atoms with Crippen molar-refractivity contribution in [2.45, 2.75) is 32.7 Å². The second kappa shape index (κ2) is 9.84. The first-order valence-corrected chi connectivity index (χ1v) is 11.1. The van der Waals surface area contributed by atoms with Crippen molar-refractivity contribution >= 4 is 5.91 Å². The highest BCUT2D eigenvalue weighted by molar-refractivity contribution is 5.84. The van der Waals surface area contributed by atoms with E-state index >= 15 is 0 Å². The summed E-state index contributed by atoms with van der Waals surface area (Å²) in [5, 5.41) is 3.13. The van der Waals surface area contributed by atoms with Crippen molar-refractivity contribution in [1.82, 2.24) is 20.2 Å². The Hall–Kier alpha value is -3.05. The summed E-state index contributed by atoms with van der Waals surface area (Å²) in [7, 11) is 0. The standard InChI is InChI=1S/C26H30N4O/c1-2-28-25(31)26(13-8-16-30(20-26)19-23-11-5-6-15-29-23)17-21-9-3-4-12-24(21)22-10-7-14-27-18-22/h3-7,9-12,14-15,18H,2,8,13,16-17,19-20H2,1H3,(H,28,31)/t26-/m0/s1. The molecule has 3 heterocycles. The number of benzene rings is 1. The number of likely N-dealkylation sites (tertiary alicyclic amines) is 1. The summed E-state index contributed by atoms with van der Waals surface area (Å²) in [6.07, 6.45) is 8.12. The molecule has 1 atom stereocenters. The third kappa shape index (κ3) is 5.00. The number of carbonyl (C=O) groups excluding carboxylic acids is 1. The molecule has 1 aromatic carbocycles. The van der Waals surface area contributed by atoms with Crippen LogP contribution in [0.25, 0.3) is 11.1 Å². The number of piperidine rings is 1. The van der Waals surface area contributed by atoms with Gasteiger partial charge in [0.15, 0.2) is 0 Å². The van der Waals surface area contributed by atoms with E-state index in [4.69, 9.17) is 0 Å². The van der Waals surface area contributed by atoms with Gasteiger partial charge in [-0.3, -0.25) is 19.7 Å². The highest BCUT2D eigenvalue weighted by atomic mass is 16.2. The van der Waals surface area contributed by atoms with Gasteiger partial charge in [0.1, 0.15) is 0 Å². The topological polar surface area (TPSA) is 58.1 Å². The molecule has 1 amide bonds. The lowest BCUT2D eigenvalue weighted by Crippen LogP contribution is -2.53. The van der Waals surface area contributed by atoms with Gasteiger partial charge in [-0.1, -0.05) is 36.4 Å². The van der Waals surface area contributed by atoms with Gasteiger partial charge >= 0.3 is 0 Å². The Labute approximate surface area is 184 Å². The number of pyridine rings is 2. The average molecular weight is 415 g/mol. The van der Waals surface area contributed by atoms with Crippen molar-refractivity contribution in [3.63, 3.8) is 0 Å². The third-order valence-electron chi connectivity index (χ3n) is 6.11. The van der Waals surface area contributed by atoms with Crippen LogP contribution in [-0.4, -0.2) is 40.4 Å². The van der Waals surface area contributed by atoms with Gasteiger partial charge in [0.2, 0.25) is 5.91 Å². The normalized spacial score (nSPS) is 19.1. The Morgan fingerprint density at radius 2 is 1.97 bits per heavy atom. The van der Waals surface area contributed by atoms with Gasteiger partial charge in [-0.15, -0.1) is 0 Å². The number of aromatic nitrogens is 2. The number of amides is 1. The molecule has 0 radical (unpaired) electrons. The minimum Gasteiger partial charge on any atom is -0.356 e. The summed E-state index contributed by atoms with van der Waals surface area (Å²) in [4.78, 5) is 24.6. The van der Waals surface area contributed by atoms with Crippen LogP contribution in [0.4, 0.5) is 0 Å². The fourth-order valence-electron chi connectivity index (χ4n) is 4.68. The Balaban J connectivity index is 1.64. The van der Waals surface area contributed by atoms with Crippen LogP contribution in [0.1, 0.15) is 31.0 Å². The molecule has 160 valence electrons.